The monoisotopic (exact) mass is 258 g/mol. The average Bonchev–Trinajstić information content (AvgIpc) is 2.93. The van der Waals surface area contributed by atoms with Crippen molar-refractivity contribution in [2.45, 2.75) is 12.6 Å². The molecule has 2 N–H and O–H groups in total. The van der Waals surface area contributed by atoms with Gasteiger partial charge in [0.1, 0.15) is 0 Å². The maximum Gasteiger partial charge on any atom is 0.0995 e. The summed E-state index contributed by atoms with van der Waals surface area (Å²) < 4.78 is 0. The third kappa shape index (κ3) is 3.17. The molecule has 0 saturated carbocycles. The van der Waals surface area contributed by atoms with Gasteiger partial charge >= 0.3 is 0 Å². The van der Waals surface area contributed by atoms with E-state index in [2.05, 4.69) is 11.4 Å². The van der Waals surface area contributed by atoms with Gasteiger partial charge in [0.25, 0.3) is 0 Å². The van der Waals surface area contributed by atoms with Crippen molar-refractivity contribution in [1.29, 1.82) is 5.26 Å². The molecule has 2 aromatic rings. The molecule has 0 aliphatic carbocycles. The lowest BCUT2D eigenvalue weighted by Gasteiger charge is -2.11. The van der Waals surface area contributed by atoms with Gasteiger partial charge < -0.3 is 10.4 Å². The van der Waals surface area contributed by atoms with Crippen LogP contribution in [0.1, 0.15) is 22.8 Å². The van der Waals surface area contributed by atoms with Crippen molar-refractivity contribution in [1.82, 2.24) is 5.32 Å². The van der Waals surface area contributed by atoms with E-state index in [9.17, 15) is 5.11 Å². The average molecular weight is 258 g/mol. The summed E-state index contributed by atoms with van der Waals surface area (Å²) in [5.41, 5.74) is 2.56. The van der Waals surface area contributed by atoms with E-state index in [-0.39, 0.29) is 0 Å². The molecule has 0 aliphatic heterocycles. The topological polar surface area (TPSA) is 56.0 Å². The Morgan fingerprint density at radius 3 is 2.89 bits per heavy atom. The molecule has 1 unspecified atom stereocenters. The lowest BCUT2D eigenvalue weighted by Crippen LogP contribution is -2.21. The zero-order chi connectivity index (χ0) is 12.8. The van der Waals surface area contributed by atoms with Crippen LogP contribution in [0.15, 0.2) is 41.1 Å². The highest BCUT2D eigenvalue weighted by atomic mass is 32.1. The number of nitriles is 1. The van der Waals surface area contributed by atoms with Crippen molar-refractivity contribution in [2.24, 2.45) is 0 Å². The predicted molar refractivity (Wildman–Crippen MR) is 72.1 cm³/mol. The number of nitrogens with one attached hydrogen (secondary N) is 1. The standard InChI is InChI=1S/C14H14N2OS/c15-7-11-3-1-2-4-12(11)8-16-9-14(17)13-5-6-18-10-13/h1-6,10,14,16-17H,8-9H2. The smallest absolute Gasteiger partial charge is 0.0995 e. The largest absolute Gasteiger partial charge is 0.387 e. The lowest BCUT2D eigenvalue weighted by molar-refractivity contribution is 0.175. The Kier molecular flexibility index (Phi) is 4.48. The van der Waals surface area contributed by atoms with E-state index in [1.54, 1.807) is 17.4 Å². The van der Waals surface area contributed by atoms with Gasteiger partial charge in [0.15, 0.2) is 0 Å². The van der Waals surface area contributed by atoms with Crippen LogP contribution in [0.5, 0.6) is 0 Å². The second kappa shape index (κ2) is 6.31. The molecule has 92 valence electrons. The molecule has 0 spiro atoms. The van der Waals surface area contributed by atoms with Crippen LogP contribution in [0.2, 0.25) is 0 Å². The normalized spacial score (nSPS) is 12.0. The Morgan fingerprint density at radius 2 is 2.17 bits per heavy atom. The predicted octanol–water partition coefficient (Wildman–Crippen LogP) is 2.44. The van der Waals surface area contributed by atoms with Crippen molar-refractivity contribution in [2.75, 3.05) is 6.54 Å². The molecule has 18 heavy (non-hydrogen) atoms. The highest BCUT2D eigenvalue weighted by Gasteiger charge is 2.07. The molecular weight excluding hydrogens is 244 g/mol. The third-order valence-electron chi connectivity index (χ3n) is 2.72. The van der Waals surface area contributed by atoms with Crippen molar-refractivity contribution in [3.8, 4) is 6.07 Å². The summed E-state index contributed by atoms with van der Waals surface area (Å²) in [7, 11) is 0. The quantitative estimate of drug-likeness (QED) is 0.866. The number of aliphatic hydroxyl groups excluding tert-OH is 1. The number of hydrogen-bond acceptors (Lipinski definition) is 4. The molecule has 0 saturated heterocycles. The van der Waals surface area contributed by atoms with Gasteiger partial charge in [0, 0.05) is 13.1 Å². The first-order valence-corrected chi connectivity index (χ1v) is 6.64. The first-order valence-electron chi connectivity index (χ1n) is 5.70. The number of nitrogens with zero attached hydrogens (tertiary/aromatic N) is 1. The molecule has 0 radical (unpaired) electrons. The van der Waals surface area contributed by atoms with Gasteiger partial charge in [0.05, 0.1) is 17.7 Å². The molecule has 1 atom stereocenters. The molecule has 3 nitrogen and oxygen atoms in total. The maximum atomic E-state index is 9.89. The van der Waals surface area contributed by atoms with Crippen molar-refractivity contribution in [3.63, 3.8) is 0 Å². The SMILES string of the molecule is N#Cc1ccccc1CNCC(O)c1ccsc1. The van der Waals surface area contributed by atoms with Gasteiger partial charge in [-0.3, -0.25) is 0 Å². The second-order valence-corrected chi connectivity index (χ2v) is 4.75. The van der Waals surface area contributed by atoms with Crippen LogP contribution in [0.25, 0.3) is 0 Å². The number of thiophene rings is 1. The molecule has 1 aromatic heterocycles. The van der Waals surface area contributed by atoms with Gasteiger partial charge in [-0.05, 0) is 34.0 Å². The van der Waals surface area contributed by atoms with Crippen LogP contribution >= 0.6 is 11.3 Å². The van der Waals surface area contributed by atoms with E-state index in [1.165, 1.54) is 0 Å². The molecule has 0 aliphatic rings. The lowest BCUT2D eigenvalue weighted by atomic mass is 10.1. The van der Waals surface area contributed by atoms with Gasteiger partial charge in [0.2, 0.25) is 0 Å². The van der Waals surface area contributed by atoms with Crippen molar-refractivity contribution < 1.29 is 5.11 Å². The van der Waals surface area contributed by atoms with Crippen LogP contribution in [0.4, 0.5) is 0 Å². The van der Waals surface area contributed by atoms with E-state index < -0.39 is 6.10 Å². The van der Waals surface area contributed by atoms with Crippen LogP contribution in [-0.2, 0) is 6.54 Å². The molecule has 0 amide bonds. The molecule has 1 heterocycles. The van der Waals surface area contributed by atoms with Crippen molar-refractivity contribution in [3.05, 3.63) is 57.8 Å². The number of aliphatic hydroxyl groups is 1. The van der Waals surface area contributed by atoms with Crippen LogP contribution in [0.3, 0.4) is 0 Å². The summed E-state index contributed by atoms with van der Waals surface area (Å²) >= 11 is 1.57. The summed E-state index contributed by atoms with van der Waals surface area (Å²) in [6.07, 6.45) is -0.495. The van der Waals surface area contributed by atoms with Gasteiger partial charge in [-0.25, -0.2) is 0 Å². The Labute approximate surface area is 110 Å². The van der Waals surface area contributed by atoms with Crippen LogP contribution in [0, 0.1) is 11.3 Å². The highest BCUT2D eigenvalue weighted by molar-refractivity contribution is 7.07. The zero-order valence-electron chi connectivity index (χ0n) is 9.84. The van der Waals surface area contributed by atoms with E-state index in [0.29, 0.717) is 18.7 Å². The maximum absolute atomic E-state index is 9.89. The molecule has 4 heteroatoms. The fourth-order valence-electron chi connectivity index (χ4n) is 1.71. The number of hydrogen-bond donors (Lipinski definition) is 2. The molecule has 0 fully saturated rings. The Balaban J connectivity index is 1.87. The van der Waals surface area contributed by atoms with E-state index in [0.717, 1.165) is 11.1 Å². The highest BCUT2D eigenvalue weighted by Crippen LogP contribution is 2.15. The molecule has 2 rings (SSSR count). The number of rotatable bonds is 5. The van der Waals surface area contributed by atoms with Gasteiger partial charge in [-0.1, -0.05) is 18.2 Å². The summed E-state index contributed by atoms with van der Waals surface area (Å²) in [6, 6.07) is 11.6. The Hall–Kier alpha value is -1.67. The molecule has 0 bridgehead atoms. The van der Waals surface area contributed by atoms with E-state index in [1.807, 2.05) is 35.0 Å². The number of benzene rings is 1. The van der Waals surface area contributed by atoms with Gasteiger partial charge in [-0.2, -0.15) is 16.6 Å². The fraction of sp³-hybridized carbons (Fsp3) is 0.214. The summed E-state index contributed by atoms with van der Waals surface area (Å²) in [4.78, 5) is 0. The first-order chi connectivity index (χ1) is 8.81. The van der Waals surface area contributed by atoms with Crippen LogP contribution in [-0.4, -0.2) is 11.7 Å². The van der Waals surface area contributed by atoms with E-state index in [4.69, 9.17) is 5.26 Å². The molecular formula is C14H14N2OS. The second-order valence-electron chi connectivity index (χ2n) is 3.97. The van der Waals surface area contributed by atoms with Crippen LogP contribution < -0.4 is 5.32 Å². The summed E-state index contributed by atoms with van der Waals surface area (Å²) in [5, 5.41) is 25.9. The van der Waals surface area contributed by atoms with Gasteiger partial charge in [-0.15, -0.1) is 0 Å². The minimum absolute atomic E-state index is 0.483. The van der Waals surface area contributed by atoms with Crippen molar-refractivity contribution >= 4 is 11.3 Å². The summed E-state index contributed by atoms with van der Waals surface area (Å²) in [6.45, 7) is 1.07. The molecule has 1 aromatic carbocycles. The van der Waals surface area contributed by atoms with E-state index >= 15 is 0 Å². The minimum atomic E-state index is -0.495. The first kappa shape index (κ1) is 12.8. The third-order valence-corrected chi connectivity index (χ3v) is 3.42. The zero-order valence-corrected chi connectivity index (χ0v) is 10.7. The summed E-state index contributed by atoms with van der Waals surface area (Å²) in [5.74, 6) is 0. The Bertz CT molecular complexity index is 531. The fourth-order valence-corrected chi connectivity index (χ4v) is 2.42. The minimum Gasteiger partial charge on any atom is -0.387 e. The Morgan fingerprint density at radius 1 is 1.33 bits per heavy atom.